The van der Waals surface area contributed by atoms with Crippen molar-refractivity contribution in [2.24, 2.45) is 0 Å². The van der Waals surface area contributed by atoms with Crippen molar-refractivity contribution in [3.05, 3.63) is 35.6 Å². The summed E-state index contributed by atoms with van der Waals surface area (Å²) in [7, 11) is 0.484. The van der Waals surface area contributed by atoms with Gasteiger partial charge in [-0.3, -0.25) is 9.80 Å². The molecule has 1 unspecified atom stereocenters. The quantitative estimate of drug-likeness (QED) is 0.759. The van der Waals surface area contributed by atoms with Crippen molar-refractivity contribution >= 4 is 26.7 Å². The molecule has 1 aliphatic heterocycles. The van der Waals surface area contributed by atoms with Crippen molar-refractivity contribution in [3.8, 4) is 0 Å². The molecule has 1 amide bonds. The summed E-state index contributed by atoms with van der Waals surface area (Å²) in [6.07, 6.45) is 3.22. The van der Waals surface area contributed by atoms with Crippen LogP contribution < -0.4 is 0 Å². The second kappa shape index (κ2) is 6.80. The number of fused-ring (bicyclic) bond motifs is 1. The molecular weight excluding hydrogens is 340 g/mol. The molecule has 1 aliphatic rings. The van der Waals surface area contributed by atoms with E-state index >= 15 is 0 Å². The van der Waals surface area contributed by atoms with Gasteiger partial charge in [0.1, 0.15) is 5.58 Å². The zero-order valence-electron chi connectivity index (χ0n) is 14.9. The van der Waals surface area contributed by atoms with Crippen molar-refractivity contribution in [2.45, 2.75) is 32.2 Å². The molecule has 2 heterocycles. The number of rotatable bonds is 5. The summed E-state index contributed by atoms with van der Waals surface area (Å²) < 4.78 is 29.2. The molecule has 1 aromatic carbocycles. The molecule has 1 aromatic heterocycles. The number of carbonyl (C=O) groups excluding carboxylic acids is 1. The third kappa shape index (κ3) is 3.72. The summed E-state index contributed by atoms with van der Waals surface area (Å²) in [6, 6.07) is 5.73. The molecule has 1 saturated heterocycles. The molecule has 0 saturated carbocycles. The number of nitrogens with zero attached hydrogens (tertiary/aromatic N) is 2. The monoisotopic (exact) mass is 364 g/mol. The number of hydrazine groups is 1. The average Bonchev–Trinajstić information content (AvgIpc) is 3.10. The first-order valence-corrected chi connectivity index (χ1v) is 10.3. The van der Waals surface area contributed by atoms with Crippen LogP contribution in [0.15, 0.2) is 28.9 Å². The molecule has 136 valence electrons. The van der Waals surface area contributed by atoms with Crippen LogP contribution in [0.1, 0.15) is 24.5 Å². The molecule has 6 nitrogen and oxygen atoms in total. The predicted octanol–water partition coefficient (Wildman–Crippen LogP) is 2.03. The van der Waals surface area contributed by atoms with Crippen LogP contribution in [0.4, 0.5) is 0 Å². The molecule has 1 fully saturated rings. The number of benzene rings is 1. The molecular formula is C18H24N2O4S. The summed E-state index contributed by atoms with van der Waals surface area (Å²) in [4.78, 5) is 12.9. The highest BCUT2D eigenvalue weighted by atomic mass is 32.2. The number of hydrogen-bond donors (Lipinski definition) is 0. The van der Waals surface area contributed by atoms with E-state index in [9.17, 15) is 13.2 Å². The molecule has 25 heavy (non-hydrogen) atoms. The van der Waals surface area contributed by atoms with Crippen LogP contribution in [0.5, 0.6) is 0 Å². The number of amides is 1. The van der Waals surface area contributed by atoms with E-state index in [-0.39, 0.29) is 29.9 Å². The highest BCUT2D eigenvalue weighted by Crippen LogP contribution is 2.25. The molecule has 1 atom stereocenters. The second-order valence-corrected chi connectivity index (χ2v) is 8.99. The summed E-state index contributed by atoms with van der Waals surface area (Å²) in [6.45, 7) is 2.08. The van der Waals surface area contributed by atoms with Crippen molar-refractivity contribution in [1.29, 1.82) is 0 Å². The Hall–Kier alpha value is -1.86. The van der Waals surface area contributed by atoms with E-state index in [0.29, 0.717) is 6.42 Å². The lowest BCUT2D eigenvalue weighted by Crippen LogP contribution is -2.49. The van der Waals surface area contributed by atoms with Gasteiger partial charge in [0.15, 0.2) is 9.84 Å². The molecule has 0 bridgehead atoms. The molecule has 0 spiro atoms. The van der Waals surface area contributed by atoms with E-state index in [1.165, 1.54) is 5.56 Å². The maximum absolute atomic E-state index is 12.9. The van der Waals surface area contributed by atoms with Crippen LogP contribution in [-0.2, 0) is 27.5 Å². The minimum atomic E-state index is -3.05. The summed E-state index contributed by atoms with van der Waals surface area (Å²) in [5.74, 6) is 0.0569. The fourth-order valence-electron chi connectivity index (χ4n) is 3.45. The van der Waals surface area contributed by atoms with Crippen molar-refractivity contribution in [2.75, 3.05) is 25.6 Å². The summed E-state index contributed by atoms with van der Waals surface area (Å²) in [5.41, 5.74) is 2.79. The van der Waals surface area contributed by atoms with E-state index in [1.807, 2.05) is 18.2 Å². The van der Waals surface area contributed by atoms with Gasteiger partial charge in [0.05, 0.1) is 30.2 Å². The standard InChI is InChI=1S/C18H24N2O4S/c1-4-13-5-6-16-14(11-24-17(16)9-13)10-18(21)20(19(2)3)15-7-8-25(22,23)12-15/h5-6,9,11,15H,4,7-8,10,12H2,1-3H3. The number of furan rings is 1. The molecule has 0 aliphatic carbocycles. The van der Waals surface area contributed by atoms with Gasteiger partial charge in [0, 0.05) is 25.0 Å². The first kappa shape index (κ1) is 17.9. The minimum absolute atomic E-state index is 0.0307. The molecule has 7 heteroatoms. The van der Waals surface area contributed by atoms with Crippen molar-refractivity contribution in [3.63, 3.8) is 0 Å². The van der Waals surface area contributed by atoms with Crippen LogP contribution in [0.2, 0.25) is 0 Å². The van der Waals surface area contributed by atoms with E-state index in [1.54, 1.807) is 30.4 Å². The Balaban J connectivity index is 1.82. The van der Waals surface area contributed by atoms with Gasteiger partial charge in [-0.1, -0.05) is 19.1 Å². The fourth-order valence-corrected chi connectivity index (χ4v) is 5.14. The Kier molecular flexibility index (Phi) is 4.88. The lowest BCUT2D eigenvalue weighted by molar-refractivity contribution is -0.148. The van der Waals surface area contributed by atoms with E-state index in [4.69, 9.17) is 4.42 Å². The summed E-state index contributed by atoms with van der Waals surface area (Å²) >= 11 is 0. The van der Waals surface area contributed by atoms with Crippen LogP contribution in [-0.4, -0.2) is 56.0 Å². The second-order valence-electron chi connectivity index (χ2n) is 6.76. The number of carbonyl (C=O) groups is 1. The van der Waals surface area contributed by atoms with Crippen LogP contribution in [0.25, 0.3) is 11.0 Å². The van der Waals surface area contributed by atoms with Gasteiger partial charge < -0.3 is 4.42 Å². The third-order valence-corrected chi connectivity index (χ3v) is 6.46. The SMILES string of the molecule is CCc1ccc2c(CC(=O)N(C3CCS(=O)(=O)C3)N(C)C)coc2c1. The Morgan fingerprint density at radius 1 is 1.32 bits per heavy atom. The Labute approximate surface area is 148 Å². The molecule has 2 aromatic rings. The fraction of sp³-hybridized carbons (Fsp3) is 0.500. The Morgan fingerprint density at radius 2 is 2.08 bits per heavy atom. The smallest absolute Gasteiger partial charge is 0.241 e. The number of aryl methyl sites for hydroxylation is 1. The predicted molar refractivity (Wildman–Crippen MR) is 96.9 cm³/mol. The molecule has 0 N–H and O–H groups in total. The normalized spacial score (nSPS) is 19.6. The third-order valence-electron chi connectivity index (χ3n) is 4.71. The van der Waals surface area contributed by atoms with Crippen molar-refractivity contribution in [1.82, 2.24) is 10.0 Å². The van der Waals surface area contributed by atoms with Gasteiger partial charge in [0.2, 0.25) is 5.91 Å². The highest BCUT2D eigenvalue weighted by Gasteiger charge is 2.36. The largest absolute Gasteiger partial charge is 0.464 e. The van der Waals surface area contributed by atoms with E-state index < -0.39 is 9.84 Å². The van der Waals surface area contributed by atoms with Gasteiger partial charge in [0.25, 0.3) is 0 Å². The lowest BCUT2D eigenvalue weighted by Gasteiger charge is -2.33. The van der Waals surface area contributed by atoms with Crippen LogP contribution in [0.3, 0.4) is 0 Å². The van der Waals surface area contributed by atoms with Gasteiger partial charge in [-0.2, -0.15) is 0 Å². The molecule has 3 rings (SSSR count). The highest BCUT2D eigenvalue weighted by molar-refractivity contribution is 7.91. The van der Waals surface area contributed by atoms with Gasteiger partial charge >= 0.3 is 0 Å². The number of hydrogen-bond acceptors (Lipinski definition) is 5. The summed E-state index contributed by atoms with van der Waals surface area (Å²) in [5, 5.41) is 4.19. The maximum atomic E-state index is 12.9. The number of sulfone groups is 1. The van der Waals surface area contributed by atoms with E-state index in [2.05, 4.69) is 6.92 Å². The van der Waals surface area contributed by atoms with Crippen LogP contribution in [0, 0.1) is 0 Å². The van der Waals surface area contributed by atoms with Gasteiger partial charge in [-0.05, 0) is 24.5 Å². The molecule has 0 radical (unpaired) electrons. The first-order valence-electron chi connectivity index (χ1n) is 8.49. The average molecular weight is 364 g/mol. The Bertz CT molecular complexity index is 886. The lowest BCUT2D eigenvalue weighted by atomic mass is 10.1. The first-order chi connectivity index (χ1) is 11.8. The zero-order chi connectivity index (χ0) is 18.2. The topological polar surface area (TPSA) is 70.8 Å². The maximum Gasteiger partial charge on any atom is 0.241 e. The van der Waals surface area contributed by atoms with E-state index in [0.717, 1.165) is 23.0 Å². The van der Waals surface area contributed by atoms with Crippen LogP contribution >= 0.6 is 0 Å². The van der Waals surface area contributed by atoms with Gasteiger partial charge in [-0.15, -0.1) is 0 Å². The van der Waals surface area contributed by atoms with Crippen molar-refractivity contribution < 1.29 is 17.6 Å². The Morgan fingerprint density at radius 3 is 2.68 bits per heavy atom. The minimum Gasteiger partial charge on any atom is -0.464 e. The zero-order valence-corrected chi connectivity index (χ0v) is 15.7. The van der Waals surface area contributed by atoms with Gasteiger partial charge in [-0.25, -0.2) is 13.4 Å².